The van der Waals surface area contributed by atoms with Crippen LogP contribution in [-0.4, -0.2) is 61.7 Å². The molecule has 3 aliphatic heterocycles. The Morgan fingerprint density at radius 1 is 1.09 bits per heavy atom. The van der Waals surface area contributed by atoms with Gasteiger partial charge in [0.1, 0.15) is 6.04 Å². The van der Waals surface area contributed by atoms with Crippen LogP contribution in [0, 0.1) is 11.8 Å². The topological polar surface area (TPSA) is 98.7 Å². The maximum atomic E-state index is 13.7. The Bertz CT molecular complexity index is 1120. The number of nitrogens with zero attached hydrogens (tertiary/aromatic N) is 1. The maximum Gasteiger partial charge on any atom is 0.248 e. The number of hydrogen-bond acceptors (Lipinski definition) is 5. The zero-order valence-corrected chi connectivity index (χ0v) is 21.1. The van der Waals surface area contributed by atoms with E-state index in [-0.39, 0.29) is 41.0 Å². The van der Waals surface area contributed by atoms with Crippen molar-refractivity contribution < 1.29 is 19.5 Å². The molecule has 10 heteroatoms. The molecule has 0 aliphatic carbocycles. The molecule has 3 aliphatic rings. The van der Waals surface area contributed by atoms with Crippen LogP contribution in [0.25, 0.3) is 0 Å². The van der Waals surface area contributed by atoms with Crippen molar-refractivity contribution in [3.8, 4) is 0 Å². The van der Waals surface area contributed by atoms with Crippen molar-refractivity contribution in [2.24, 2.45) is 11.8 Å². The second-order valence-corrected chi connectivity index (χ2v) is 11.9. The molecular weight excluding hydrogens is 542 g/mol. The third-order valence-electron chi connectivity index (χ3n) is 6.83. The summed E-state index contributed by atoms with van der Waals surface area (Å²) in [5, 5.41) is 15.9. The highest BCUT2D eigenvalue weighted by Crippen LogP contribution is 2.67. The largest absolute Gasteiger partial charge is 0.395 e. The molecule has 5 rings (SSSR count). The van der Waals surface area contributed by atoms with E-state index in [0.29, 0.717) is 22.8 Å². The van der Waals surface area contributed by atoms with Crippen molar-refractivity contribution in [2.45, 2.75) is 27.3 Å². The van der Waals surface area contributed by atoms with E-state index in [1.54, 1.807) is 48.2 Å². The molecular formula is C24H23BrClN3O4S. The molecule has 2 bridgehead atoms. The molecule has 0 saturated carbocycles. The summed E-state index contributed by atoms with van der Waals surface area (Å²) in [4.78, 5) is 42.1. The van der Waals surface area contributed by atoms with E-state index >= 15 is 0 Å². The van der Waals surface area contributed by atoms with Gasteiger partial charge in [0.25, 0.3) is 0 Å². The molecule has 178 valence electrons. The number of carbonyl (C=O) groups excluding carboxylic acids is 3. The van der Waals surface area contributed by atoms with Crippen LogP contribution in [0.2, 0.25) is 5.02 Å². The second-order valence-electron chi connectivity index (χ2n) is 8.77. The number of aliphatic hydroxyl groups excluding tert-OH is 1. The number of alkyl halides is 1. The molecule has 3 N–H and O–H groups in total. The first kappa shape index (κ1) is 23.7. The van der Waals surface area contributed by atoms with Gasteiger partial charge in [-0.25, -0.2) is 0 Å². The summed E-state index contributed by atoms with van der Waals surface area (Å²) in [6, 6.07) is 15.1. The van der Waals surface area contributed by atoms with Crippen molar-refractivity contribution in [2.75, 3.05) is 23.8 Å². The summed E-state index contributed by atoms with van der Waals surface area (Å²) in [5.74, 6) is -2.05. The van der Waals surface area contributed by atoms with E-state index in [2.05, 4.69) is 26.6 Å². The summed E-state index contributed by atoms with van der Waals surface area (Å²) < 4.78 is -0.764. The summed E-state index contributed by atoms with van der Waals surface area (Å²) >= 11 is 11.2. The van der Waals surface area contributed by atoms with Gasteiger partial charge in [0.2, 0.25) is 17.7 Å². The Morgan fingerprint density at radius 3 is 2.41 bits per heavy atom. The molecule has 0 radical (unpaired) electrons. The monoisotopic (exact) mass is 563 g/mol. The number of hydrogen-bond donors (Lipinski definition) is 3. The van der Waals surface area contributed by atoms with Gasteiger partial charge >= 0.3 is 0 Å². The minimum Gasteiger partial charge on any atom is -0.395 e. The van der Waals surface area contributed by atoms with Crippen LogP contribution < -0.4 is 10.6 Å². The van der Waals surface area contributed by atoms with Crippen molar-refractivity contribution >= 4 is 68.4 Å². The number of fused-ring (bicyclic) bond motifs is 1. The van der Waals surface area contributed by atoms with Gasteiger partial charge in [-0.3, -0.25) is 14.4 Å². The number of amides is 3. The van der Waals surface area contributed by atoms with Gasteiger partial charge < -0.3 is 20.6 Å². The first-order chi connectivity index (χ1) is 16.4. The van der Waals surface area contributed by atoms with Crippen molar-refractivity contribution in [1.29, 1.82) is 0 Å². The van der Waals surface area contributed by atoms with Crippen molar-refractivity contribution in [3.05, 3.63) is 59.6 Å². The lowest BCUT2D eigenvalue weighted by Gasteiger charge is -2.35. The van der Waals surface area contributed by atoms with Crippen molar-refractivity contribution in [1.82, 2.24) is 4.90 Å². The SMILES string of the molecule is O=C(Nc1ccc(Cl)cc1)C1N(CCO)C(=O)[C@@H]2[C@H](C(=O)Nc3ccccc3)[C@H]3SC12CC3Br. The average Bonchev–Trinajstić information content (AvgIpc) is 3.40. The first-order valence-electron chi connectivity index (χ1n) is 11.0. The Labute approximate surface area is 214 Å². The lowest BCUT2D eigenvalue weighted by molar-refractivity contribution is -0.138. The summed E-state index contributed by atoms with van der Waals surface area (Å²) in [5.41, 5.74) is 1.23. The lowest BCUT2D eigenvalue weighted by Crippen LogP contribution is -2.53. The van der Waals surface area contributed by atoms with Crippen LogP contribution in [0.15, 0.2) is 54.6 Å². The van der Waals surface area contributed by atoms with Crippen molar-refractivity contribution in [3.63, 3.8) is 0 Å². The molecule has 3 amide bonds. The fourth-order valence-corrected chi connectivity index (χ4v) is 9.31. The summed E-state index contributed by atoms with van der Waals surface area (Å²) in [7, 11) is 0. The number of β-amino-alcohol motifs (C(OH)–C–C–N with tert-alkyl or cyclic N) is 1. The highest BCUT2D eigenvalue weighted by atomic mass is 79.9. The smallest absolute Gasteiger partial charge is 0.248 e. The van der Waals surface area contributed by atoms with E-state index in [4.69, 9.17) is 11.6 Å². The normalized spacial score (nSPS) is 31.4. The van der Waals surface area contributed by atoms with Crippen LogP contribution in [0.1, 0.15) is 6.42 Å². The number of benzene rings is 2. The van der Waals surface area contributed by atoms with E-state index in [1.165, 1.54) is 4.90 Å². The maximum absolute atomic E-state index is 13.7. The molecule has 6 atom stereocenters. The molecule has 2 aromatic carbocycles. The van der Waals surface area contributed by atoms with Crippen LogP contribution in [0.5, 0.6) is 0 Å². The van der Waals surface area contributed by atoms with Crippen LogP contribution in [0.3, 0.4) is 0 Å². The fraction of sp³-hybridized carbons (Fsp3) is 0.375. The predicted molar refractivity (Wildman–Crippen MR) is 136 cm³/mol. The van der Waals surface area contributed by atoms with Crippen LogP contribution in [-0.2, 0) is 14.4 Å². The van der Waals surface area contributed by atoms with E-state index in [1.807, 2.05) is 18.2 Å². The molecule has 3 unspecified atom stereocenters. The Kier molecular flexibility index (Phi) is 6.39. The first-order valence-corrected chi connectivity index (χ1v) is 13.2. The third-order valence-corrected chi connectivity index (χ3v) is 10.3. The van der Waals surface area contributed by atoms with Gasteiger partial charge in [0, 0.05) is 33.0 Å². The van der Waals surface area contributed by atoms with Crippen LogP contribution >= 0.6 is 39.3 Å². The number of carbonyl (C=O) groups is 3. The van der Waals surface area contributed by atoms with Gasteiger partial charge in [-0.05, 0) is 42.8 Å². The Morgan fingerprint density at radius 2 is 1.74 bits per heavy atom. The second kappa shape index (κ2) is 9.18. The minimum absolute atomic E-state index is 0.0204. The third kappa shape index (κ3) is 3.82. The van der Waals surface area contributed by atoms with Gasteiger partial charge in [0.05, 0.1) is 23.2 Å². The van der Waals surface area contributed by atoms with Gasteiger partial charge in [-0.2, -0.15) is 0 Å². The molecule has 3 fully saturated rings. The van der Waals surface area contributed by atoms with Gasteiger partial charge in [-0.15, -0.1) is 11.8 Å². The number of anilines is 2. The molecule has 3 heterocycles. The zero-order valence-electron chi connectivity index (χ0n) is 18.0. The Balaban J connectivity index is 1.48. The molecule has 2 aromatic rings. The standard InChI is InChI=1S/C24H23BrClN3O4S/c25-16-12-24-18(17(19(16)34-24)21(31)27-14-4-2-1-3-5-14)23(33)29(10-11-30)20(24)22(32)28-15-8-6-13(26)7-9-15/h1-9,16-20,30H,10-12H2,(H,27,31)(H,28,32)/t16?,17-,18-,19-,20?,24?/m0/s1. The predicted octanol–water partition coefficient (Wildman–Crippen LogP) is 3.37. The molecule has 0 aromatic heterocycles. The highest BCUT2D eigenvalue weighted by molar-refractivity contribution is 9.09. The van der Waals surface area contributed by atoms with Gasteiger partial charge in [0.15, 0.2) is 0 Å². The number of aliphatic hydroxyl groups is 1. The van der Waals surface area contributed by atoms with E-state index < -0.39 is 22.6 Å². The highest BCUT2D eigenvalue weighted by Gasteiger charge is 2.75. The number of rotatable bonds is 6. The summed E-state index contributed by atoms with van der Waals surface area (Å²) in [6.07, 6.45) is 0.578. The number of nitrogens with one attached hydrogen (secondary N) is 2. The molecule has 34 heavy (non-hydrogen) atoms. The number of para-hydroxylation sites is 1. The van der Waals surface area contributed by atoms with E-state index in [0.717, 1.165) is 0 Å². The lowest BCUT2D eigenvalue weighted by atomic mass is 9.70. The molecule has 7 nitrogen and oxygen atoms in total. The quantitative estimate of drug-likeness (QED) is 0.468. The molecule has 1 spiro atoms. The minimum atomic E-state index is -0.808. The fourth-order valence-electron chi connectivity index (χ4n) is 5.57. The number of likely N-dealkylation sites (tertiary alicyclic amines) is 1. The van der Waals surface area contributed by atoms with Gasteiger partial charge in [-0.1, -0.05) is 45.7 Å². The average molecular weight is 565 g/mol. The summed E-state index contributed by atoms with van der Waals surface area (Å²) in [6.45, 7) is -0.243. The zero-order chi connectivity index (χ0) is 24.0. The number of halogens is 2. The number of thioether (sulfide) groups is 1. The van der Waals surface area contributed by atoms with E-state index in [9.17, 15) is 19.5 Å². The van der Waals surface area contributed by atoms with Crippen LogP contribution in [0.4, 0.5) is 11.4 Å². The Hall–Kier alpha value is -2.07. The molecule has 3 saturated heterocycles.